The number of ether oxygens (including phenoxy) is 1. The van der Waals surface area contributed by atoms with Crippen LogP contribution in [0, 0.1) is 5.41 Å². The van der Waals surface area contributed by atoms with Crippen molar-refractivity contribution < 1.29 is 14.6 Å². The lowest BCUT2D eigenvalue weighted by atomic mass is 9.95. The van der Waals surface area contributed by atoms with Gasteiger partial charge in [-0.2, -0.15) is 0 Å². The second kappa shape index (κ2) is 6.47. The molecule has 1 rings (SSSR count). The summed E-state index contributed by atoms with van der Waals surface area (Å²) >= 11 is 0. The molecule has 0 saturated heterocycles. The van der Waals surface area contributed by atoms with Gasteiger partial charge in [-0.1, -0.05) is 13.8 Å². The van der Waals surface area contributed by atoms with E-state index in [0.717, 1.165) is 5.69 Å². The summed E-state index contributed by atoms with van der Waals surface area (Å²) in [6.07, 6.45) is 1.50. The van der Waals surface area contributed by atoms with Crippen LogP contribution in [0.15, 0.2) is 18.3 Å². The van der Waals surface area contributed by atoms with Crippen LogP contribution in [0.2, 0.25) is 0 Å². The first-order chi connectivity index (χ1) is 8.48. The van der Waals surface area contributed by atoms with Crippen molar-refractivity contribution in [3.8, 4) is 0 Å². The number of aliphatic hydroxyl groups is 1. The van der Waals surface area contributed by atoms with E-state index in [9.17, 15) is 4.79 Å². The van der Waals surface area contributed by atoms with Crippen molar-refractivity contribution in [3.63, 3.8) is 0 Å². The van der Waals surface area contributed by atoms with E-state index < -0.39 is 0 Å². The smallest absolute Gasteiger partial charge is 0.339 e. The third-order valence-electron chi connectivity index (χ3n) is 2.58. The number of aromatic nitrogens is 1. The first-order valence-corrected chi connectivity index (χ1v) is 5.83. The number of methoxy groups -OCH3 is 1. The molecule has 0 unspecified atom stereocenters. The van der Waals surface area contributed by atoms with Gasteiger partial charge in [0, 0.05) is 31.3 Å². The van der Waals surface area contributed by atoms with Gasteiger partial charge in [0.05, 0.1) is 18.4 Å². The number of hydrogen-bond donors (Lipinski definition) is 2. The number of rotatable bonds is 6. The molecule has 5 heteroatoms. The Morgan fingerprint density at radius 3 is 2.72 bits per heavy atom. The first-order valence-electron chi connectivity index (χ1n) is 5.83. The highest BCUT2D eigenvalue weighted by Crippen LogP contribution is 2.11. The van der Waals surface area contributed by atoms with Gasteiger partial charge in [-0.3, -0.25) is 4.98 Å². The van der Waals surface area contributed by atoms with Crippen molar-refractivity contribution in [2.45, 2.75) is 20.4 Å². The second-order valence-corrected chi connectivity index (χ2v) is 4.96. The van der Waals surface area contributed by atoms with Gasteiger partial charge in [0.25, 0.3) is 0 Å². The molecule has 0 aliphatic heterocycles. The molecule has 0 aliphatic carbocycles. The van der Waals surface area contributed by atoms with Crippen molar-refractivity contribution in [2.24, 2.45) is 5.41 Å². The van der Waals surface area contributed by atoms with Crippen LogP contribution >= 0.6 is 0 Å². The normalized spacial score (nSPS) is 11.3. The predicted molar refractivity (Wildman–Crippen MR) is 68.2 cm³/mol. The van der Waals surface area contributed by atoms with Crippen LogP contribution < -0.4 is 5.32 Å². The molecule has 0 atom stereocenters. The van der Waals surface area contributed by atoms with E-state index >= 15 is 0 Å². The zero-order valence-corrected chi connectivity index (χ0v) is 11.1. The zero-order chi connectivity index (χ0) is 13.6. The van der Waals surface area contributed by atoms with Crippen LogP contribution in [-0.4, -0.2) is 36.3 Å². The van der Waals surface area contributed by atoms with Crippen molar-refractivity contribution >= 4 is 5.97 Å². The summed E-state index contributed by atoms with van der Waals surface area (Å²) < 4.78 is 4.59. The number of esters is 1. The fourth-order valence-corrected chi connectivity index (χ4v) is 1.35. The van der Waals surface area contributed by atoms with Crippen LogP contribution in [0.25, 0.3) is 0 Å². The topological polar surface area (TPSA) is 71.5 Å². The number of nitrogens with one attached hydrogen (secondary N) is 1. The molecule has 0 amide bonds. The Kier molecular flexibility index (Phi) is 5.25. The molecule has 100 valence electrons. The number of carbonyl (C=O) groups is 1. The van der Waals surface area contributed by atoms with Gasteiger partial charge < -0.3 is 15.2 Å². The van der Waals surface area contributed by atoms with Crippen LogP contribution in [0.3, 0.4) is 0 Å². The molecule has 0 spiro atoms. The van der Waals surface area contributed by atoms with Crippen molar-refractivity contribution in [1.82, 2.24) is 10.3 Å². The Hall–Kier alpha value is -1.46. The molecule has 1 aromatic heterocycles. The van der Waals surface area contributed by atoms with E-state index in [1.807, 2.05) is 13.8 Å². The predicted octanol–water partition coefficient (Wildman–Crippen LogP) is 0.976. The zero-order valence-electron chi connectivity index (χ0n) is 11.1. The number of aliphatic hydroxyl groups excluding tert-OH is 1. The van der Waals surface area contributed by atoms with E-state index in [1.54, 1.807) is 12.1 Å². The standard InChI is InChI=1S/C13H20N2O3/c1-13(2,9-16)8-14-7-11-5-4-10(6-15-11)12(17)18-3/h4-6,14,16H,7-9H2,1-3H3. The van der Waals surface area contributed by atoms with E-state index in [1.165, 1.54) is 13.3 Å². The number of pyridine rings is 1. The highest BCUT2D eigenvalue weighted by Gasteiger charge is 2.15. The quantitative estimate of drug-likeness (QED) is 0.738. The van der Waals surface area contributed by atoms with Gasteiger partial charge in [0.2, 0.25) is 0 Å². The molecule has 5 nitrogen and oxygen atoms in total. The lowest BCUT2D eigenvalue weighted by Crippen LogP contribution is -2.32. The molecular formula is C13H20N2O3. The summed E-state index contributed by atoms with van der Waals surface area (Å²) in [5, 5.41) is 12.3. The van der Waals surface area contributed by atoms with E-state index in [-0.39, 0.29) is 18.0 Å². The summed E-state index contributed by atoms with van der Waals surface area (Å²) in [5.74, 6) is -0.386. The Morgan fingerprint density at radius 1 is 1.50 bits per heavy atom. The lowest BCUT2D eigenvalue weighted by Gasteiger charge is -2.21. The van der Waals surface area contributed by atoms with Gasteiger partial charge in [0.15, 0.2) is 0 Å². The molecule has 1 aromatic rings. The molecule has 1 heterocycles. The minimum Gasteiger partial charge on any atom is -0.465 e. The van der Waals surface area contributed by atoms with E-state index in [4.69, 9.17) is 5.11 Å². The summed E-state index contributed by atoms with van der Waals surface area (Å²) in [6, 6.07) is 3.47. The number of hydrogen-bond acceptors (Lipinski definition) is 5. The van der Waals surface area contributed by atoms with Crippen molar-refractivity contribution in [3.05, 3.63) is 29.6 Å². The van der Waals surface area contributed by atoms with E-state index in [2.05, 4.69) is 15.0 Å². The van der Waals surface area contributed by atoms with Crippen molar-refractivity contribution in [2.75, 3.05) is 20.3 Å². The number of nitrogens with zero attached hydrogens (tertiary/aromatic N) is 1. The molecule has 0 fully saturated rings. The summed E-state index contributed by atoms with van der Waals surface area (Å²) in [4.78, 5) is 15.4. The van der Waals surface area contributed by atoms with Gasteiger partial charge in [-0.05, 0) is 12.1 Å². The Bertz CT molecular complexity index is 388. The summed E-state index contributed by atoms with van der Waals surface area (Å²) in [7, 11) is 1.34. The highest BCUT2D eigenvalue weighted by atomic mass is 16.5. The van der Waals surface area contributed by atoms with Gasteiger partial charge in [-0.25, -0.2) is 4.79 Å². The lowest BCUT2D eigenvalue weighted by molar-refractivity contribution is 0.0600. The average Bonchev–Trinajstić information content (AvgIpc) is 2.38. The fourth-order valence-electron chi connectivity index (χ4n) is 1.35. The molecule has 2 N–H and O–H groups in total. The van der Waals surface area contributed by atoms with Crippen LogP contribution in [-0.2, 0) is 11.3 Å². The minimum atomic E-state index is -0.386. The molecule has 0 bridgehead atoms. The Labute approximate surface area is 107 Å². The fraction of sp³-hybridized carbons (Fsp3) is 0.538. The molecule has 0 aromatic carbocycles. The average molecular weight is 252 g/mol. The van der Waals surface area contributed by atoms with Gasteiger partial charge >= 0.3 is 5.97 Å². The molecule has 18 heavy (non-hydrogen) atoms. The minimum absolute atomic E-state index is 0.134. The Balaban J connectivity index is 2.47. The molecular weight excluding hydrogens is 232 g/mol. The molecule has 0 radical (unpaired) electrons. The largest absolute Gasteiger partial charge is 0.465 e. The summed E-state index contributed by atoms with van der Waals surface area (Å²) in [5.41, 5.74) is 1.14. The monoisotopic (exact) mass is 252 g/mol. The summed E-state index contributed by atoms with van der Waals surface area (Å²) in [6.45, 7) is 5.39. The maximum atomic E-state index is 11.2. The van der Waals surface area contributed by atoms with E-state index in [0.29, 0.717) is 18.7 Å². The highest BCUT2D eigenvalue weighted by molar-refractivity contribution is 5.88. The first kappa shape index (κ1) is 14.6. The van der Waals surface area contributed by atoms with Crippen LogP contribution in [0.4, 0.5) is 0 Å². The maximum absolute atomic E-state index is 11.2. The SMILES string of the molecule is COC(=O)c1ccc(CNCC(C)(C)CO)nc1. The Morgan fingerprint density at radius 2 is 2.22 bits per heavy atom. The maximum Gasteiger partial charge on any atom is 0.339 e. The molecule has 0 aliphatic rings. The van der Waals surface area contributed by atoms with Gasteiger partial charge in [-0.15, -0.1) is 0 Å². The van der Waals surface area contributed by atoms with Crippen molar-refractivity contribution in [1.29, 1.82) is 0 Å². The van der Waals surface area contributed by atoms with Crippen LogP contribution in [0.1, 0.15) is 29.9 Å². The van der Waals surface area contributed by atoms with Crippen LogP contribution in [0.5, 0.6) is 0 Å². The second-order valence-electron chi connectivity index (χ2n) is 4.96. The van der Waals surface area contributed by atoms with Gasteiger partial charge in [0.1, 0.15) is 0 Å². The molecule has 0 saturated carbocycles. The third-order valence-corrected chi connectivity index (χ3v) is 2.58. The number of carbonyl (C=O) groups excluding carboxylic acids is 1. The third kappa shape index (κ3) is 4.43.